The van der Waals surface area contributed by atoms with Gasteiger partial charge in [0.1, 0.15) is 6.04 Å². The first-order chi connectivity index (χ1) is 14.3. The van der Waals surface area contributed by atoms with E-state index in [1.54, 1.807) is 7.05 Å². The van der Waals surface area contributed by atoms with Gasteiger partial charge in [0, 0.05) is 35.8 Å². The van der Waals surface area contributed by atoms with E-state index in [0.29, 0.717) is 12.8 Å². The zero-order valence-corrected chi connectivity index (χ0v) is 18.8. The van der Waals surface area contributed by atoms with Gasteiger partial charge in [-0.2, -0.15) is 12.6 Å². The van der Waals surface area contributed by atoms with Gasteiger partial charge in [0.05, 0.1) is 19.4 Å². The quantitative estimate of drug-likeness (QED) is 0.342. The zero-order valence-electron chi connectivity index (χ0n) is 17.9. The fourth-order valence-corrected chi connectivity index (χ4v) is 3.93. The average Bonchev–Trinajstić information content (AvgIpc) is 3.13. The van der Waals surface area contributed by atoms with Crippen LogP contribution in [0.1, 0.15) is 32.3 Å². The molecule has 0 radical (unpaired) electrons. The van der Waals surface area contributed by atoms with Gasteiger partial charge in [-0.25, -0.2) is 0 Å². The molecule has 8 heteroatoms. The number of aromatic amines is 1. The van der Waals surface area contributed by atoms with E-state index in [9.17, 15) is 14.4 Å². The van der Waals surface area contributed by atoms with Crippen molar-refractivity contribution in [2.75, 3.05) is 14.2 Å². The highest BCUT2D eigenvalue weighted by atomic mass is 32.1. The lowest BCUT2D eigenvalue weighted by Crippen LogP contribution is -2.50. The molecule has 3 N–H and O–H groups in total. The molecule has 30 heavy (non-hydrogen) atoms. The second kappa shape index (κ2) is 11.1. The molecule has 0 spiro atoms. The number of methoxy groups -OCH3 is 1. The van der Waals surface area contributed by atoms with Crippen molar-refractivity contribution in [1.29, 1.82) is 0 Å². The topological polar surface area (TPSA) is 100 Å². The molecule has 0 saturated carbocycles. The Morgan fingerprint density at radius 3 is 2.50 bits per heavy atom. The Morgan fingerprint density at radius 1 is 1.17 bits per heavy atom. The first kappa shape index (κ1) is 23.8. The predicted octanol–water partition coefficient (Wildman–Crippen LogP) is 2.46. The van der Waals surface area contributed by atoms with E-state index in [2.05, 4.69) is 28.2 Å². The summed E-state index contributed by atoms with van der Waals surface area (Å²) in [5, 5.41) is 6.02. The van der Waals surface area contributed by atoms with Crippen molar-refractivity contribution in [2.24, 2.45) is 11.8 Å². The second-order valence-electron chi connectivity index (χ2n) is 7.82. The zero-order chi connectivity index (χ0) is 22.3. The SMILES string of the molecule is CNC(=O)[C@H](Cc1c[nH]c2ccccc12)NC(=O)[C@H](CC(C)C)[C@@H](S)CC(=O)OC. The van der Waals surface area contributed by atoms with Gasteiger partial charge < -0.3 is 20.4 Å². The molecule has 164 valence electrons. The van der Waals surface area contributed by atoms with Gasteiger partial charge in [-0.15, -0.1) is 0 Å². The van der Waals surface area contributed by atoms with E-state index in [-0.39, 0.29) is 24.2 Å². The summed E-state index contributed by atoms with van der Waals surface area (Å²) in [5.41, 5.74) is 1.91. The Hall–Kier alpha value is -2.48. The first-order valence-corrected chi connectivity index (χ1v) is 10.6. The van der Waals surface area contributed by atoms with Crippen LogP contribution >= 0.6 is 12.6 Å². The van der Waals surface area contributed by atoms with Crippen molar-refractivity contribution in [2.45, 2.75) is 44.4 Å². The average molecular weight is 434 g/mol. The lowest BCUT2D eigenvalue weighted by atomic mass is 9.91. The molecule has 2 amide bonds. The number of nitrogens with one attached hydrogen (secondary N) is 3. The van der Waals surface area contributed by atoms with Gasteiger partial charge in [-0.05, 0) is 24.0 Å². The third-order valence-electron chi connectivity index (χ3n) is 5.11. The van der Waals surface area contributed by atoms with Crippen LogP contribution in [-0.2, 0) is 25.5 Å². The maximum absolute atomic E-state index is 13.1. The third-order valence-corrected chi connectivity index (χ3v) is 5.65. The van der Waals surface area contributed by atoms with Crippen LogP contribution in [0.25, 0.3) is 10.9 Å². The summed E-state index contributed by atoms with van der Waals surface area (Å²) in [6, 6.07) is 7.07. The monoisotopic (exact) mass is 433 g/mol. The van der Waals surface area contributed by atoms with Crippen molar-refractivity contribution < 1.29 is 19.1 Å². The fourth-order valence-electron chi connectivity index (χ4n) is 3.53. The molecule has 0 aliphatic rings. The maximum atomic E-state index is 13.1. The molecule has 0 bridgehead atoms. The molecule has 1 aromatic carbocycles. The summed E-state index contributed by atoms with van der Waals surface area (Å²) in [7, 11) is 2.85. The molecular weight excluding hydrogens is 402 g/mol. The number of ether oxygens (including phenoxy) is 1. The molecule has 0 unspecified atom stereocenters. The lowest BCUT2D eigenvalue weighted by molar-refractivity contribution is -0.141. The molecule has 3 atom stereocenters. The number of H-pyrrole nitrogens is 1. The number of amides is 2. The van der Waals surface area contributed by atoms with Crippen LogP contribution in [-0.4, -0.2) is 48.2 Å². The Kier molecular flexibility index (Phi) is 8.77. The van der Waals surface area contributed by atoms with E-state index in [1.165, 1.54) is 7.11 Å². The number of fused-ring (bicyclic) bond motifs is 1. The molecule has 1 heterocycles. The van der Waals surface area contributed by atoms with Crippen LogP contribution in [0, 0.1) is 11.8 Å². The summed E-state index contributed by atoms with van der Waals surface area (Å²) in [6.45, 7) is 4.00. The molecule has 2 rings (SSSR count). The number of aromatic nitrogens is 1. The summed E-state index contributed by atoms with van der Waals surface area (Å²) < 4.78 is 4.72. The van der Waals surface area contributed by atoms with Crippen LogP contribution in [0.4, 0.5) is 0 Å². The number of hydrogen-bond acceptors (Lipinski definition) is 5. The Morgan fingerprint density at radius 2 is 1.87 bits per heavy atom. The van der Waals surface area contributed by atoms with Gasteiger partial charge >= 0.3 is 5.97 Å². The summed E-state index contributed by atoms with van der Waals surface area (Å²) in [4.78, 5) is 40.5. The van der Waals surface area contributed by atoms with E-state index >= 15 is 0 Å². The van der Waals surface area contributed by atoms with E-state index in [0.717, 1.165) is 16.5 Å². The number of likely N-dealkylation sites (N-methyl/N-ethyl adjacent to an activating group) is 1. The minimum Gasteiger partial charge on any atom is -0.469 e. The molecule has 0 aliphatic carbocycles. The molecule has 1 aromatic heterocycles. The largest absolute Gasteiger partial charge is 0.469 e. The minimum absolute atomic E-state index is 0.0253. The Labute approximate surface area is 182 Å². The molecule has 0 fully saturated rings. The number of rotatable bonds is 10. The molecule has 7 nitrogen and oxygen atoms in total. The van der Waals surface area contributed by atoms with Crippen molar-refractivity contribution in [3.05, 3.63) is 36.0 Å². The molecule has 2 aromatic rings. The number of esters is 1. The predicted molar refractivity (Wildman–Crippen MR) is 120 cm³/mol. The van der Waals surface area contributed by atoms with E-state index < -0.39 is 23.2 Å². The number of benzene rings is 1. The summed E-state index contributed by atoms with van der Waals surface area (Å²) in [5.74, 6) is -1.29. The van der Waals surface area contributed by atoms with Crippen LogP contribution in [0.15, 0.2) is 30.5 Å². The van der Waals surface area contributed by atoms with E-state index in [4.69, 9.17) is 4.74 Å². The Bertz CT molecular complexity index is 880. The first-order valence-electron chi connectivity index (χ1n) is 10.1. The van der Waals surface area contributed by atoms with Crippen LogP contribution in [0.5, 0.6) is 0 Å². The van der Waals surface area contributed by atoms with Gasteiger partial charge in [0.25, 0.3) is 0 Å². The summed E-state index contributed by atoms with van der Waals surface area (Å²) >= 11 is 4.50. The van der Waals surface area contributed by atoms with Crippen LogP contribution in [0.3, 0.4) is 0 Å². The maximum Gasteiger partial charge on any atom is 0.306 e. The van der Waals surface area contributed by atoms with Crippen molar-refractivity contribution in [3.8, 4) is 0 Å². The normalized spacial score (nSPS) is 14.2. The van der Waals surface area contributed by atoms with Gasteiger partial charge in [-0.1, -0.05) is 32.0 Å². The Balaban J connectivity index is 2.20. The number of carbonyl (C=O) groups is 3. The van der Waals surface area contributed by atoms with Gasteiger partial charge in [-0.3, -0.25) is 14.4 Å². The van der Waals surface area contributed by atoms with Crippen LogP contribution in [0.2, 0.25) is 0 Å². The van der Waals surface area contributed by atoms with E-state index in [1.807, 2.05) is 44.3 Å². The van der Waals surface area contributed by atoms with Gasteiger partial charge in [0.15, 0.2) is 0 Å². The smallest absolute Gasteiger partial charge is 0.306 e. The molecule has 0 aliphatic heterocycles. The van der Waals surface area contributed by atoms with Crippen LogP contribution < -0.4 is 10.6 Å². The highest BCUT2D eigenvalue weighted by Crippen LogP contribution is 2.24. The van der Waals surface area contributed by atoms with Gasteiger partial charge in [0.2, 0.25) is 11.8 Å². The lowest BCUT2D eigenvalue weighted by Gasteiger charge is -2.26. The number of carbonyl (C=O) groups excluding carboxylic acids is 3. The standard InChI is InChI=1S/C22H31N3O4S/c1-13(2)9-16(19(30)11-20(26)29-4)21(27)25-18(22(28)23-3)10-14-12-24-17-8-6-5-7-15(14)17/h5-8,12-13,16,18-19,24,30H,9-11H2,1-4H3,(H,23,28)(H,25,27)/t16-,18+,19+/m1/s1. The van der Waals surface area contributed by atoms with Crippen molar-refractivity contribution in [1.82, 2.24) is 15.6 Å². The molecule has 0 saturated heterocycles. The molecular formula is C22H31N3O4S. The minimum atomic E-state index is -0.741. The number of thiol groups is 1. The highest BCUT2D eigenvalue weighted by Gasteiger charge is 2.31. The third kappa shape index (κ3) is 6.26. The summed E-state index contributed by atoms with van der Waals surface area (Å²) in [6.07, 6.45) is 2.77. The van der Waals surface area contributed by atoms with Crippen molar-refractivity contribution >= 4 is 41.3 Å². The fraction of sp³-hybridized carbons (Fsp3) is 0.500. The number of para-hydroxylation sites is 1. The highest BCUT2D eigenvalue weighted by molar-refractivity contribution is 7.81. The number of hydrogen-bond donors (Lipinski definition) is 4. The van der Waals surface area contributed by atoms with Crippen molar-refractivity contribution in [3.63, 3.8) is 0 Å². The second-order valence-corrected chi connectivity index (χ2v) is 8.49.